The highest BCUT2D eigenvalue weighted by Gasteiger charge is 2.61. The normalized spacial score (nSPS) is 28.0. The van der Waals surface area contributed by atoms with Crippen LogP contribution in [0.3, 0.4) is 0 Å². The summed E-state index contributed by atoms with van der Waals surface area (Å²) in [5.74, 6) is -0.347. The molecule has 17 nitrogen and oxygen atoms in total. The monoisotopic (exact) mass is 905 g/mol. The number of anilines is 1. The van der Waals surface area contributed by atoms with E-state index in [2.05, 4.69) is 39.3 Å². The minimum atomic E-state index is -1.55. The van der Waals surface area contributed by atoms with Crippen molar-refractivity contribution in [3.8, 4) is 22.9 Å². The number of pyridine rings is 1. The van der Waals surface area contributed by atoms with Gasteiger partial charge in [0.25, 0.3) is 6.01 Å². The van der Waals surface area contributed by atoms with E-state index in [1.807, 2.05) is 34.6 Å². The van der Waals surface area contributed by atoms with Crippen LogP contribution in [0.5, 0.6) is 11.5 Å². The SMILES string of the molecule is C=C[C@@H]1C[C@]1(NC(=O)[C@@H]1CC(Oc2cc(-c3coc(NC(C)C)n3)nc3c(Cl)c(OCCN4CCOCC4)ccc23)CN1C(=O)[C@@H](NC(=O)OC1C[C@@H]2C(C)[C@@H]2C1)C(C)(C)C)C(=O)O. The Morgan fingerprint density at radius 3 is 2.45 bits per heavy atom. The molecule has 3 aliphatic carbocycles. The minimum Gasteiger partial charge on any atom is -0.491 e. The van der Waals surface area contributed by atoms with Crippen molar-refractivity contribution in [1.29, 1.82) is 0 Å². The third kappa shape index (κ3) is 9.48. The Morgan fingerprint density at radius 1 is 1.06 bits per heavy atom. The zero-order valence-corrected chi connectivity index (χ0v) is 38.1. The Morgan fingerprint density at radius 2 is 1.80 bits per heavy atom. The summed E-state index contributed by atoms with van der Waals surface area (Å²) >= 11 is 7.08. The number of oxazole rings is 1. The first-order valence-electron chi connectivity index (χ1n) is 22.4. The van der Waals surface area contributed by atoms with Crippen molar-refractivity contribution in [2.45, 2.75) is 103 Å². The number of carboxylic acid groups (broad SMARTS) is 1. The topological polar surface area (TPSA) is 207 Å². The van der Waals surface area contributed by atoms with E-state index in [1.54, 1.807) is 18.2 Å². The fraction of sp³-hybridized carbons (Fsp3) is 0.609. The van der Waals surface area contributed by atoms with Gasteiger partial charge in [0.15, 0.2) is 0 Å². The largest absolute Gasteiger partial charge is 0.491 e. The number of nitrogens with one attached hydrogen (secondary N) is 3. The van der Waals surface area contributed by atoms with Crippen molar-refractivity contribution in [2.24, 2.45) is 29.1 Å². The second-order valence-corrected chi connectivity index (χ2v) is 19.7. The van der Waals surface area contributed by atoms with Crippen LogP contribution in [-0.4, -0.2) is 131 Å². The van der Waals surface area contributed by atoms with Crippen LogP contribution in [0.2, 0.25) is 5.02 Å². The number of rotatable bonds is 16. The number of amides is 3. The van der Waals surface area contributed by atoms with Gasteiger partial charge in [-0.15, -0.1) is 6.58 Å². The molecule has 5 aliphatic rings. The first kappa shape index (κ1) is 45.4. The van der Waals surface area contributed by atoms with Gasteiger partial charge in [0.2, 0.25) is 11.8 Å². The van der Waals surface area contributed by atoms with Crippen LogP contribution in [0.25, 0.3) is 22.3 Å². The molecule has 0 radical (unpaired) electrons. The van der Waals surface area contributed by atoms with Gasteiger partial charge in [-0.1, -0.05) is 45.4 Å². The molecule has 0 spiro atoms. The number of aromatic nitrogens is 2. The van der Waals surface area contributed by atoms with Crippen LogP contribution in [0, 0.1) is 29.1 Å². The van der Waals surface area contributed by atoms with Gasteiger partial charge in [-0.25, -0.2) is 14.6 Å². The average Bonchev–Trinajstić information content (AvgIpc) is 3.73. The molecular weight excluding hydrogens is 846 g/mol. The molecule has 8 rings (SSSR count). The Hall–Kier alpha value is -5.13. The molecule has 0 bridgehead atoms. The second kappa shape index (κ2) is 18.0. The van der Waals surface area contributed by atoms with Crippen molar-refractivity contribution in [1.82, 2.24) is 30.4 Å². The van der Waals surface area contributed by atoms with E-state index >= 15 is 0 Å². The summed E-state index contributed by atoms with van der Waals surface area (Å²) < 4.78 is 30.0. The molecular formula is C46H60ClN7O10. The number of halogens is 1. The number of morpholine rings is 1. The van der Waals surface area contributed by atoms with Crippen LogP contribution in [-0.2, 0) is 23.9 Å². The van der Waals surface area contributed by atoms with Crippen LogP contribution < -0.4 is 25.4 Å². The van der Waals surface area contributed by atoms with E-state index in [4.69, 9.17) is 39.9 Å². The van der Waals surface area contributed by atoms with Gasteiger partial charge in [-0.2, -0.15) is 4.98 Å². The van der Waals surface area contributed by atoms with E-state index in [9.17, 15) is 24.3 Å². The third-order valence-electron chi connectivity index (χ3n) is 13.4. The average molecular weight is 906 g/mol. The lowest BCUT2D eigenvalue weighted by Gasteiger charge is -2.35. The summed E-state index contributed by atoms with van der Waals surface area (Å²) in [6.07, 6.45) is 3.03. The molecule has 5 fully saturated rings. The number of alkyl carbamates (subject to hydrolysis) is 1. The highest BCUT2D eigenvalue weighted by Crippen LogP contribution is 2.57. The van der Waals surface area contributed by atoms with Gasteiger partial charge in [-0.05, 0) is 68.4 Å². The Kier molecular flexibility index (Phi) is 12.8. The van der Waals surface area contributed by atoms with Crippen molar-refractivity contribution >= 4 is 52.4 Å². The number of fused-ring (bicyclic) bond motifs is 2. The summed E-state index contributed by atoms with van der Waals surface area (Å²) in [5.41, 5.74) is -1.21. The lowest BCUT2D eigenvalue weighted by Crippen LogP contribution is -2.59. The Balaban J connectivity index is 1.09. The summed E-state index contributed by atoms with van der Waals surface area (Å²) in [6, 6.07) is 3.34. The fourth-order valence-corrected chi connectivity index (χ4v) is 9.83. The van der Waals surface area contributed by atoms with Gasteiger partial charge in [0.1, 0.15) is 64.9 Å². The summed E-state index contributed by atoms with van der Waals surface area (Å²) in [6.45, 7) is 19.3. The number of hydrogen-bond donors (Lipinski definition) is 4. The summed E-state index contributed by atoms with van der Waals surface area (Å²) in [4.78, 5) is 68.2. The van der Waals surface area contributed by atoms with E-state index in [0.717, 1.165) is 25.9 Å². The molecule has 2 aliphatic heterocycles. The Labute approximate surface area is 377 Å². The zero-order valence-electron chi connectivity index (χ0n) is 37.4. The fourth-order valence-electron chi connectivity index (χ4n) is 9.57. The first-order valence-corrected chi connectivity index (χ1v) is 22.7. The minimum absolute atomic E-state index is 0.00158. The van der Waals surface area contributed by atoms with Crippen molar-refractivity contribution in [3.63, 3.8) is 0 Å². The summed E-state index contributed by atoms with van der Waals surface area (Å²) in [5, 5.41) is 19.7. The molecule has 4 heterocycles. The van der Waals surface area contributed by atoms with Crippen molar-refractivity contribution < 1.29 is 47.6 Å². The molecule has 346 valence electrons. The molecule has 3 amide bonds. The predicted octanol–water partition coefficient (Wildman–Crippen LogP) is 5.75. The van der Waals surface area contributed by atoms with Gasteiger partial charge >= 0.3 is 12.1 Å². The van der Waals surface area contributed by atoms with Crippen LogP contribution in [0.4, 0.5) is 10.8 Å². The number of carboxylic acids is 1. The number of nitrogens with zero attached hydrogens (tertiary/aromatic N) is 4. The van der Waals surface area contributed by atoms with E-state index in [1.165, 1.54) is 17.2 Å². The number of hydrogen-bond acceptors (Lipinski definition) is 13. The molecule has 4 N–H and O–H groups in total. The number of aliphatic carboxylic acids is 1. The third-order valence-corrected chi connectivity index (χ3v) is 13.8. The van der Waals surface area contributed by atoms with Gasteiger partial charge < -0.3 is 49.3 Å². The molecule has 3 unspecified atom stereocenters. The van der Waals surface area contributed by atoms with Crippen LogP contribution in [0.15, 0.2) is 41.5 Å². The molecule has 2 saturated heterocycles. The molecule has 18 heteroatoms. The molecule has 3 saturated carbocycles. The maximum atomic E-state index is 14.8. The molecule has 1 aromatic carbocycles. The predicted molar refractivity (Wildman–Crippen MR) is 237 cm³/mol. The standard InChI is InChI=1S/C46H60ClN7O10/c1-8-26-21-46(26,42(57)58)52-40(55)34-19-28(22-54(34)41(56)39(45(5,6)7)51-44(59)64-27-17-30-25(4)31(30)18-27)63-36-20-32(33-23-62-43(50-33)48-24(2)3)49-38-29(36)9-10-35(37(38)47)61-16-13-53-11-14-60-15-12-53/h8-10,20,23-28,30-31,34,39H,1,11-19,21-22H2,2-7H3,(H,48,50)(H,51,59)(H,52,55)(H,57,58)/t25?,26-,27?,28?,30-,31+,34+,39-,46-/m1/s1. The maximum Gasteiger partial charge on any atom is 0.408 e. The zero-order chi connectivity index (χ0) is 45.7. The summed E-state index contributed by atoms with van der Waals surface area (Å²) in [7, 11) is 0. The van der Waals surface area contributed by atoms with E-state index in [-0.39, 0.29) is 36.6 Å². The molecule has 9 atom stereocenters. The molecule has 64 heavy (non-hydrogen) atoms. The molecule has 3 aromatic rings. The lowest BCUT2D eigenvalue weighted by molar-refractivity contribution is -0.146. The van der Waals surface area contributed by atoms with Crippen LogP contribution in [0.1, 0.15) is 67.2 Å². The van der Waals surface area contributed by atoms with Gasteiger partial charge in [0.05, 0.1) is 31.0 Å². The number of carbonyl (C=O) groups is 4. The maximum absolute atomic E-state index is 14.8. The van der Waals surface area contributed by atoms with Gasteiger partial charge in [0, 0.05) is 49.5 Å². The second-order valence-electron chi connectivity index (χ2n) is 19.3. The first-order chi connectivity index (χ1) is 30.4. The number of benzene rings is 1. The van der Waals surface area contributed by atoms with E-state index < -0.39 is 58.9 Å². The lowest BCUT2D eigenvalue weighted by atomic mass is 9.85. The molecule has 2 aromatic heterocycles. The van der Waals surface area contributed by atoms with E-state index in [0.29, 0.717) is 83.9 Å². The number of ether oxygens (including phenoxy) is 4. The quantitative estimate of drug-likeness (QED) is 0.126. The van der Waals surface area contributed by atoms with Crippen LogP contribution >= 0.6 is 11.6 Å². The van der Waals surface area contributed by atoms with Gasteiger partial charge in [-0.3, -0.25) is 14.5 Å². The number of carbonyl (C=O) groups excluding carboxylic acids is 3. The highest BCUT2D eigenvalue weighted by molar-refractivity contribution is 6.36. The number of likely N-dealkylation sites (tertiary alicyclic amines) is 1. The highest BCUT2D eigenvalue weighted by atomic mass is 35.5. The Bertz CT molecular complexity index is 2260. The smallest absolute Gasteiger partial charge is 0.408 e. The van der Waals surface area contributed by atoms with Crippen molar-refractivity contribution in [2.75, 3.05) is 51.3 Å². The van der Waals surface area contributed by atoms with Crippen molar-refractivity contribution in [3.05, 3.63) is 42.1 Å².